The fraction of sp³-hybridized carbons (Fsp3) is 0.100. The van der Waals surface area contributed by atoms with Gasteiger partial charge in [0.2, 0.25) is 0 Å². The third-order valence-corrected chi connectivity index (χ3v) is 5.66. The van der Waals surface area contributed by atoms with Crippen LogP contribution in [0.3, 0.4) is 0 Å². The predicted molar refractivity (Wildman–Crippen MR) is 117 cm³/mol. The molecule has 2 aromatic carbocycles. The minimum Gasteiger partial charge on any atom is -0.365 e. The van der Waals surface area contributed by atoms with Gasteiger partial charge in [0.05, 0.1) is 11.1 Å². The number of rotatable bonds is 6. The normalized spacial score (nSPS) is 11.5. The van der Waals surface area contributed by atoms with Gasteiger partial charge in [0.15, 0.2) is 0 Å². The number of hydrogen-bond donors (Lipinski definition) is 3. The Labute approximate surface area is 172 Å². The average molecular weight is 427 g/mol. The van der Waals surface area contributed by atoms with Crippen LogP contribution in [-0.4, -0.2) is 22.9 Å². The van der Waals surface area contributed by atoms with Gasteiger partial charge in [0, 0.05) is 17.5 Å². The Morgan fingerprint density at radius 1 is 1.03 bits per heavy atom. The fourth-order valence-corrected chi connectivity index (χ4v) is 4.46. The Hall–Kier alpha value is -3.01. The summed E-state index contributed by atoms with van der Waals surface area (Å²) >= 11 is 1.59. The highest BCUT2D eigenvalue weighted by atomic mass is 32.2. The second kappa shape index (κ2) is 7.78. The Kier molecular flexibility index (Phi) is 5.18. The molecule has 148 valence electrons. The SMILES string of the molecule is Cc1nc(NCc2ccc(NS(=O)(=O)O)cc2)c2c(-c3ccccc3)csc2n1. The van der Waals surface area contributed by atoms with E-state index in [1.165, 1.54) is 0 Å². The topological polar surface area (TPSA) is 104 Å². The van der Waals surface area contributed by atoms with Gasteiger partial charge in [-0.25, -0.2) is 9.97 Å². The summed E-state index contributed by atoms with van der Waals surface area (Å²) in [6, 6.07) is 16.8. The van der Waals surface area contributed by atoms with E-state index in [0.29, 0.717) is 18.1 Å². The van der Waals surface area contributed by atoms with Crippen molar-refractivity contribution in [3.8, 4) is 11.1 Å². The zero-order chi connectivity index (χ0) is 20.4. The first-order chi connectivity index (χ1) is 13.9. The van der Waals surface area contributed by atoms with Crippen molar-refractivity contribution in [1.82, 2.24) is 9.97 Å². The highest BCUT2D eigenvalue weighted by Crippen LogP contribution is 2.37. The molecule has 0 spiro atoms. The first-order valence-electron chi connectivity index (χ1n) is 8.78. The molecule has 0 amide bonds. The molecular weight excluding hydrogens is 408 g/mol. The second-order valence-corrected chi connectivity index (χ2v) is 8.45. The first-order valence-corrected chi connectivity index (χ1v) is 11.1. The van der Waals surface area contributed by atoms with Crippen LogP contribution in [0, 0.1) is 6.92 Å². The standard InChI is InChI=1S/C20H18N4O3S2/c1-13-22-19(21-11-14-7-9-16(10-8-14)24-29(25,26)27)18-17(12-28-20(18)23-13)15-5-3-2-4-6-15/h2-10,12,24H,11H2,1H3,(H,21,22,23)(H,25,26,27). The van der Waals surface area contributed by atoms with Crippen molar-refractivity contribution in [2.75, 3.05) is 10.0 Å². The molecule has 0 radical (unpaired) electrons. The van der Waals surface area contributed by atoms with Crippen molar-refractivity contribution in [2.45, 2.75) is 13.5 Å². The molecule has 0 aliphatic heterocycles. The number of hydrogen-bond acceptors (Lipinski definition) is 6. The number of nitrogens with zero attached hydrogens (tertiary/aromatic N) is 2. The van der Waals surface area contributed by atoms with Crippen molar-refractivity contribution in [3.05, 3.63) is 71.4 Å². The van der Waals surface area contributed by atoms with E-state index in [9.17, 15) is 8.42 Å². The van der Waals surface area contributed by atoms with Crippen molar-refractivity contribution < 1.29 is 13.0 Å². The van der Waals surface area contributed by atoms with Crippen LogP contribution in [-0.2, 0) is 16.8 Å². The lowest BCUT2D eigenvalue weighted by Crippen LogP contribution is -2.10. The smallest absolute Gasteiger partial charge is 0.357 e. The van der Waals surface area contributed by atoms with Gasteiger partial charge in [0.1, 0.15) is 16.5 Å². The Morgan fingerprint density at radius 2 is 1.76 bits per heavy atom. The first kappa shape index (κ1) is 19.3. The van der Waals surface area contributed by atoms with Crippen LogP contribution < -0.4 is 10.0 Å². The van der Waals surface area contributed by atoms with E-state index in [1.54, 1.807) is 35.6 Å². The average Bonchev–Trinajstić information content (AvgIpc) is 3.10. The Balaban J connectivity index is 1.62. The van der Waals surface area contributed by atoms with Gasteiger partial charge in [-0.3, -0.25) is 9.27 Å². The van der Waals surface area contributed by atoms with Crippen molar-refractivity contribution in [3.63, 3.8) is 0 Å². The Morgan fingerprint density at radius 3 is 2.45 bits per heavy atom. The molecule has 9 heteroatoms. The van der Waals surface area contributed by atoms with E-state index in [0.717, 1.165) is 32.7 Å². The highest BCUT2D eigenvalue weighted by Gasteiger charge is 2.14. The van der Waals surface area contributed by atoms with Gasteiger partial charge in [-0.1, -0.05) is 42.5 Å². The van der Waals surface area contributed by atoms with Gasteiger partial charge >= 0.3 is 10.3 Å². The molecule has 0 saturated carbocycles. The second-order valence-electron chi connectivity index (χ2n) is 6.44. The largest absolute Gasteiger partial charge is 0.365 e. The van der Waals surface area contributed by atoms with Crippen molar-refractivity contribution >= 4 is 43.4 Å². The van der Waals surface area contributed by atoms with Crippen LogP contribution in [0.5, 0.6) is 0 Å². The summed E-state index contributed by atoms with van der Waals surface area (Å²) in [6.07, 6.45) is 0. The van der Waals surface area contributed by atoms with E-state index >= 15 is 0 Å². The number of nitrogens with one attached hydrogen (secondary N) is 2. The molecule has 0 aliphatic carbocycles. The fourth-order valence-electron chi connectivity index (χ4n) is 3.03. The van der Waals surface area contributed by atoms with Gasteiger partial charge in [0.25, 0.3) is 0 Å². The molecule has 2 aromatic heterocycles. The molecule has 0 saturated heterocycles. The molecule has 4 aromatic rings. The summed E-state index contributed by atoms with van der Waals surface area (Å²) in [5.74, 6) is 1.45. The number of aryl methyl sites for hydroxylation is 1. The lowest BCUT2D eigenvalue weighted by Gasteiger charge is -2.10. The Bertz CT molecular complexity index is 1250. The third kappa shape index (κ3) is 4.53. The van der Waals surface area contributed by atoms with Crippen LogP contribution in [0.1, 0.15) is 11.4 Å². The molecule has 2 heterocycles. The summed E-state index contributed by atoms with van der Waals surface area (Å²) in [5.41, 5.74) is 3.42. The molecule has 0 bridgehead atoms. The van der Waals surface area contributed by atoms with Crippen LogP contribution >= 0.6 is 11.3 Å². The van der Waals surface area contributed by atoms with Crippen LogP contribution in [0.25, 0.3) is 21.3 Å². The van der Waals surface area contributed by atoms with Crippen LogP contribution in [0.15, 0.2) is 60.0 Å². The summed E-state index contributed by atoms with van der Waals surface area (Å²) in [6.45, 7) is 2.37. The predicted octanol–water partition coefficient (Wildman–Crippen LogP) is 4.49. The number of thiophene rings is 1. The highest BCUT2D eigenvalue weighted by molar-refractivity contribution is 7.87. The van der Waals surface area contributed by atoms with Gasteiger partial charge in [-0.2, -0.15) is 8.42 Å². The summed E-state index contributed by atoms with van der Waals surface area (Å²) in [5, 5.41) is 6.45. The molecule has 3 N–H and O–H groups in total. The van der Waals surface area contributed by atoms with Gasteiger partial charge < -0.3 is 5.32 Å². The minimum absolute atomic E-state index is 0.292. The zero-order valence-electron chi connectivity index (χ0n) is 15.5. The van der Waals surface area contributed by atoms with E-state index in [1.807, 2.05) is 29.8 Å². The van der Waals surface area contributed by atoms with Gasteiger partial charge in [-0.05, 0) is 30.2 Å². The molecule has 0 atom stereocenters. The summed E-state index contributed by atoms with van der Waals surface area (Å²) in [7, 11) is -4.28. The van der Waals surface area contributed by atoms with E-state index in [-0.39, 0.29) is 0 Å². The maximum absolute atomic E-state index is 10.9. The van der Waals surface area contributed by atoms with E-state index < -0.39 is 10.3 Å². The third-order valence-electron chi connectivity index (χ3n) is 4.29. The zero-order valence-corrected chi connectivity index (χ0v) is 17.1. The quantitative estimate of drug-likeness (QED) is 0.392. The number of fused-ring (bicyclic) bond motifs is 1. The number of aromatic nitrogens is 2. The van der Waals surface area contributed by atoms with E-state index in [2.05, 4.69) is 32.8 Å². The molecule has 0 fully saturated rings. The molecule has 7 nitrogen and oxygen atoms in total. The summed E-state index contributed by atoms with van der Waals surface area (Å²) < 4.78 is 32.7. The molecule has 29 heavy (non-hydrogen) atoms. The van der Waals surface area contributed by atoms with Crippen molar-refractivity contribution in [1.29, 1.82) is 0 Å². The number of benzene rings is 2. The van der Waals surface area contributed by atoms with E-state index in [4.69, 9.17) is 4.55 Å². The maximum Gasteiger partial charge on any atom is 0.357 e. The van der Waals surface area contributed by atoms with Crippen LogP contribution in [0.2, 0.25) is 0 Å². The van der Waals surface area contributed by atoms with Crippen molar-refractivity contribution in [2.24, 2.45) is 0 Å². The summed E-state index contributed by atoms with van der Waals surface area (Å²) in [4.78, 5) is 10.1. The van der Waals surface area contributed by atoms with Crippen LogP contribution in [0.4, 0.5) is 11.5 Å². The van der Waals surface area contributed by atoms with Gasteiger partial charge in [-0.15, -0.1) is 11.3 Å². The molecular formula is C20H18N4O3S2. The molecule has 0 aliphatic rings. The molecule has 0 unspecified atom stereocenters. The minimum atomic E-state index is -4.28. The monoisotopic (exact) mass is 426 g/mol. The maximum atomic E-state index is 10.9. The number of anilines is 2. The lowest BCUT2D eigenvalue weighted by atomic mass is 10.1. The molecule has 4 rings (SSSR count). The lowest BCUT2D eigenvalue weighted by molar-refractivity contribution is 0.489.